The van der Waals surface area contributed by atoms with Gasteiger partial charge in [-0.3, -0.25) is 4.79 Å². The number of rotatable bonds is 5. The number of ether oxygens (including phenoxy) is 1. The third kappa shape index (κ3) is 3.01. The van der Waals surface area contributed by atoms with Gasteiger partial charge in [0, 0.05) is 12.6 Å². The highest BCUT2D eigenvalue weighted by atomic mass is 16.5. The molecule has 0 saturated heterocycles. The van der Waals surface area contributed by atoms with Crippen LogP contribution >= 0.6 is 0 Å². The van der Waals surface area contributed by atoms with E-state index in [0.29, 0.717) is 19.6 Å². The van der Waals surface area contributed by atoms with E-state index < -0.39 is 0 Å². The molecule has 1 aromatic carbocycles. The van der Waals surface area contributed by atoms with Crippen LogP contribution in [0.25, 0.3) is 0 Å². The molecule has 0 radical (unpaired) electrons. The van der Waals surface area contributed by atoms with Crippen molar-refractivity contribution in [2.75, 3.05) is 13.2 Å². The molecule has 18 heavy (non-hydrogen) atoms. The summed E-state index contributed by atoms with van der Waals surface area (Å²) in [6.07, 6.45) is 2.42. The second-order valence-corrected chi connectivity index (χ2v) is 4.56. The van der Waals surface area contributed by atoms with Crippen LogP contribution in [-0.2, 0) is 11.2 Å². The van der Waals surface area contributed by atoms with Crippen molar-refractivity contribution >= 4 is 5.91 Å². The molecule has 0 aromatic heterocycles. The summed E-state index contributed by atoms with van der Waals surface area (Å²) in [5, 5.41) is 2.74. The van der Waals surface area contributed by atoms with Crippen LogP contribution in [0.5, 0.6) is 5.75 Å². The summed E-state index contributed by atoms with van der Waals surface area (Å²) in [6, 6.07) is 6.18. The molecule has 1 aliphatic rings. The van der Waals surface area contributed by atoms with Crippen molar-refractivity contribution in [2.45, 2.75) is 32.2 Å². The minimum absolute atomic E-state index is 0.0284. The van der Waals surface area contributed by atoms with E-state index in [2.05, 4.69) is 5.32 Å². The van der Waals surface area contributed by atoms with Gasteiger partial charge in [-0.15, -0.1) is 0 Å². The fraction of sp³-hybridized carbons (Fsp3) is 0.500. The quantitative estimate of drug-likeness (QED) is 0.830. The summed E-state index contributed by atoms with van der Waals surface area (Å²) < 4.78 is 5.58. The third-order valence-corrected chi connectivity index (χ3v) is 3.21. The lowest BCUT2D eigenvalue weighted by Crippen LogP contribution is -2.24. The van der Waals surface area contributed by atoms with Gasteiger partial charge in [0.2, 0.25) is 5.91 Å². The zero-order chi connectivity index (χ0) is 13.0. The molecule has 0 fully saturated rings. The Hall–Kier alpha value is -1.55. The van der Waals surface area contributed by atoms with Gasteiger partial charge in [0.25, 0.3) is 0 Å². The molecule has 1 aliphatic carbocycles. The Balaban J connectivity index is 1.86. The van der Waals surface area contributed by atoms with E-state index >= 15 is 0 Å². The van der Waals surface area contributed by atoms with E-state index in [0.717, 1.165) is 18.6 Å². The van der Waals surface area contributed by atoms with Crippen molar-refractivity contribution in [3.8, 4) is 5.75 Å². The first-order valence-corrected chi connectivity index (χ1v) is 6.48. The highest BCUT2D eigenvalue weighted by Crippen LogP contribution is 2.31. The van der Waals surface area contributed by atoms with Crippen molar-refractivity contribution in [1.29, 1.82) is 0 Å². The molecule has 0 heterocycles. The molecule has 0 saturated carbocycles. The Morgan fingerprint density at radius 1 is 1.56 bits per heavy atom. The topological polar surface area (TPSA) is 64.3 Å². The van der Waals surface area contributed by atoms with Crippen LogP contribution < -0.4 is 15.8 Å². The van der Waals surface area contributed by atoms with Crippen molar-refractivity contribution in [3.63, 3.8) is 0 Å². The van der Waals surface area contributed by atoms with Gasteiger partial charge >= 0.3 is 0 Å². The zero-order valence-electron chi connectivity index (χ0n) is 10.7. The normalized spacial score (nSPS) is 17.3. The Morgan fingerprint density at radius 2 is 2.39 bits per heavy atom. The summed E-state index contributed by atoms with van der Waals surface area (Å²) in [7, 11) is 0. The molecular formula is C14H20N2O2. The molecule has 0 bridgehead atoms. The highest BCUT2D eigenvalue weighted by molar-refractivity contribution is 5.75. The van der Waals surface area contributed by atoms with Crippen LogP contribution in [0.2, 0.25) is 0 Å². The Labute approximate surface area is 108 Å². The maximum atomic E-state index is 11.3. The fourth-order valence-electron chi connectivity index (χ4n) is 2.26. The first-order chi connectivity index (χ1) is 8.70. The van der Waals surface area contributed by atoms with Crippen molar-refractivity contribution in [3.05, 3.63) is 29.3 Å². The summed E-state index contributed by atoms with van der Waals surface area (Å²) in [5.74, 6) is 0.854. The largest absolute Gasteiger partial charge is 0.493 e. The van der Waals surface area contributed by atoms with Gasteiger partial charge in [0.1, 0.15) is 5.75 Å². The number of aryl methyl sites for hydroxylation is 1. The van der Waals surface area contributed by atoms with Gasteiger partial charge in [-0.05, 0) is 43.0 Å². The Kier molecular flexibility index (Phi) is 4.20. The van der Waals surface area contributed by atoms with E-state index in [4.69, 9.17) is 10.5 Å². The monoisotopic (exact) mass is 248 g/mol. The van der Waals surface area contributed by atoms with E-state index in [9.17, 15) is 4.79 Å². The molecule has 4 nitrogen and oxygen atoms in total. The number of hydrogen-bond acceptors (Lipinski definition) is 3. The lowest BCUT2D eigenvalue weighted by Gasteiger charge is -2.09. The zero-order valence-corrected chi connectivity index (χ0v) is 10.7. The van der Waals surface area contributed by atoms with Gasteiger partial charge in [-0.25, -0.2) is 0 Å². The molecule has 3 N–H and O–H groups in total. The van der Waals surface area contributed by atoms with E-state index in [-0.39, 0.29) is 11.9 Å². The first kappa shape index (κ1) is 12.9. The van der Waals surface area contributed by atoms with Gasteiger partial charge in [0.05, 0.1) is 13.0 Å². The molecular weight excluding hydrogens is 228 g/mol. The Bertz CT molecular complexity index is 432. The highest BCUT2D eigenvalue weighted by Gasteiger charge is 2.18. The van der Waals surface area contributed by atoms with E-state index in [1.807, 2.05) is 25.1 Å². The van der Waals surface area contributed by atoms with Crippen LogP contribution in [0.1, 0.15) is 36.9 Å². The lowest BCUT2D eigenvalue weighted by atomic mass is 10.1. The number of carbonyl (C=O) groups is 1. The number of nitrogens with one attached hydrogen (secondary N) is 1. The summed E-state index contributed by atoms with van der Waals surface area (Å²) in [4.78, 5) is 11.3. The summed E-state index contributed by atoms with van der Waals surface area (Å²) in [6.45, 7) is 2.98. The van der Waals surface area contributed by atoms with Crippen LogP contribution in [0.3, 0.4) is 0 Å². The molecule has 2 rings (SSSR count). The average molecular weight is 248 g/mol. The van der Waals surface area contributed by atoms with Gasteiger partial charge in [0.15, 0.2) is 0 Å². The minimum Gasteiger partial charge on any atom is -0.493 e. The van der Waals surface area contributed by atoms with Crippen molar-refractivity contribution < 1.29 is 9.53 Å². The number of benzene rings is 1. The molecule has 1 atom stereocenters. The molecule has 0 unspecified atom stereocenters. The molecule has 1 aromatic rings. The van der Waals surface area contributed by atoms with E-state index in [1.54, 1.807) is 0 Å². The lowest BCUT2D eigenvalue weighted by molar-refractivity contribution is -0.121. The number of carbonyl (C=O) groups excluding carboxylic acids is 1. The van der Waals surface area contributed by atoms with Crippen LogP contribution in [0.4, 0.5) is 0 Å². The standard InChI is InChI=1S/C14H20N2O2/c1-2-16-14(17)7-8-18-11-4-5-12-10(9-11)3-6-13(12)15/h4-5,9,13H,2-3,6-8,15H2,1H3,(H,16,17)/t13-/m1/s1. The SMILES string of the molecule is CCNC(=O)CCOc1ccc2c(c1)CC[C@H]2N. The molecule has 0 aliphatic heterocycles. The fourth-order valence-corrected chi connectivity index (χ4v) is 2.26. The number of amides is 1. The predicted molar refractivity (Wildman–Crippen MR) is 70.5 cm³/mol. The number of fused-ring (bicyclic) bond motifs is 1. The molecule has 0 spiro atoms. The molecule has 98 valence electrons. The second kappa shape index (κ2) is 5.87. The molecule has 4 heteroatoms. The second-order valence-electron chi connectivity index (χ2n) is 4.56. The third-order valence-electron chi connectivity index (χ3n) is 3.21. The van der Waals surface area contributed by atoms with Gasteiger partial charge < -0.3 is 15.8 Å². The summed E-state index contributed by atoms with van der Waals surface area (Å²) in [5.41, 5.74) is 8.48. The van der Waals surface area contributed by atoms with Crippen molar-refractivity contribution in [2.24, 2.45) is 5.73 Å². The Morgan fingerprint density at radius 3 is 3.17 bits per heavy atom. The van der Waals surface area contributed by atoms with Crippen LogP contribution in [-0.4, -0.2) is 19.1 Å². The van der Waals surface area contributed by atoms with Gasteiger partial charge in [-0.2, -0.15) is 0 Å². The van der Waals surface area contributed by atoms with Crippen molar-refractivity contribution in [1.82, 2.24) is 5.32 Å². The van der Waals surface area contributed by atoms with E-state index in [1.165, 1.54) is 11.1 Å². The minimum atomic E-state index is 0.0284. The smallest absolute Gasteiger partial charge is 0.223 e. The molecule has 1 amide bonds. The maximum absolute atomic E-state index is 11.3. The maximum Gasteiger partial charge on any atom is 0.223 e. The van der Waals surface area contributed by atoms with Crippen LogP contribution in [0.15, 0.2) is 18.2 Å². The average Bonchev–Trinajstić information content (AvgIpc) is 2.71. The predicted octanol–water partition coefficient (Wildman–Crippen LogP) is 1.54. The van der Waals surface area contributed by atoms with Crippen LogP contribution in [0, 0.1) is 0 Å². The summed E-state index contributed by atoms with van der Waals surface area (Å²) >= 11 is 0. The number of nitrogens with two attached hydrogens (primary N) is 1. The van der Waals surface area contributed by atoms with Gasteiger partial charge in [-0.1, -0.05) is 6.07 Å². The number of hydrogen-bond donors (Lipinski definition) is 2. The first-order valence-electron chi connectivity index (χ1n) is 6.48.